The largest absolute Gasteiger partial charge is 0.444 e. The lowest BCUT2D eigenvalue weighted by molar-refractivity contribution is 0.0530. The maximum atomic E-state index is 11.5. The molecule has 0 aliphatic heterocycles. The average Bonchev–Trinajstić information content (AvgIpc) is 2.39. The van der Waals surface area contributed by atoms with Gasteiger partial charge in [0.2, 0.25) is 0 Å². The third-order valence-electron chi connectivity index (χ3n) is 2.28. The van der Waals surface area contributed by atoms with Crippen LogP contribution >= 0.6 is 11.6 Å². The molecule has 0 saturated heterocycles. The van der Waals surface area contributed by atoms with E-state index in [1.807, 2.05) is 27.7 Å². The highest BCUT2D eigenvalue weighted by Gasteiger charge is 2.15. The Kier molecular flexibility index (Phi) is 7.34. The highest BCUT2D eigenvalue weighted by atomic mass is 35.5. The van der Waals surface area contributed by atoms with E-state index in [0.717, 1.165) is 0 Å². The summed E-state index contributed by atoms with van der Waals surface area (Å²) in [5.74, 6) is 1.10. The molecule has 22 heavy (non-hydrogen) atoms. The standard InChI is InChI=1S/C14H23ClN4O3/c1-5-21-9-12-18-10(15)8-11(19-12)16-6-7-17-13(20)22-14(2,3)4/h8H,5-7,9H2,1-4H3,(H,17,20)(H,16,18,19). The lowest BCUT2D eigenvalue weighted by Gasteiger charge is -2.19. The second-order valence-electron chi connectivity index (χ2n) is 5.48. The second-order valence-corrected chi connectivity index (χ2v) is 5.87. The Morgan fingerprint density at radius 2 is 2.05 bits per heavy atom. The predicted molar refractivity (Wildman–Crippen MR) is 85.1 cm³/mol. The number of hydrogen-bond donors (Lipinski definition) is 2. The molecule has 1 amide bonds. The Balaban J connectivity index is 2.38. The van der Waals surface area contributed by atoms with Crippen LogP contribution < -0.4 is 10.6 Å². The normalized spacial score (nSPS) is 11.1. The van der Waals surface area contributed by atoms with E-state index in [0.29, 0.717) is 43.1 Å². The van der Waals surface area contributed by atoms with Gasteiger partial charge < -0.3 is 20.1 Å². The first-order chi connectivity index (χ1) is 10.3. The molecule has 0 saturated carbocycles. The summed E-state index contributed by atoms with van der Waals surface area (Å²) in [5.41, 5.74) is -0.508. The lowest BCUT2D eigenvalue weighted by atomic mass is 10.2. The van der Waals surface area contributed by atoms with E-state index in [1.54, 1.807) is 6.07 Å². The lowest BCUT2D eigenvalue weighted by Crippen LogP contribution is -2.35. The van der Waals surface area contributed by atoms with Crippen LogP contribution in [-0.2, 0) is 16.1 Å². The molecule has 0 aromatic carbocycles. The van der Waals surface area contributed by atoms with Crippen LogP contribution in [0.4, 0.5) is 10.6 Å². The van der Waals surface area contributed by atoms with Gasteiger partial charge in [0.25, 0.3) is 0 Å². The van der Waals surface area contributed by atoms with E-state index >= 15 is 0 Å². The van der Waals surface area contributed by atoms with Crippen LogP contribution in [0.2, 0.25) is 5.15 Å². The van der Waals surface area contributed by atoms with E-state index in [1.165, 1.54) is 0 Å². The number of aromatic nitrogens is 2. The SMILES string of the molecule is CCOCc1nc(Cl)cc(NCCNC(=O)OC(C)(C)C)n1. The van der Waals surface area contributed by atoms with Gasteiger partial charge in [-0.25, -0.2) is 14.8 Å². The Morgan fingerprint density at radius 3 is 2.68 bits per heavy atom. The minimum Gasteiger partial charge on any atom is -0.444 e. The first-order valence-corrected chi connectivity index (χ1v) is 7.50. The van der Waals surface area contributed by atoms with Crippen LogP contribution in [0.15, 0.2) is 6.07 Å². The van der Waals surface area contributed by atoms with Crippen molar-refractivity contribution >= 4 is 23.5 Å². The van der Waals surface area contributed by atoms with E-state index in [-0.39, 0.29) is 0 Å². The number of ether oxygens (including phenoxy) is 2. The molecule has 8 heteroatoms. The number of nitrogens with zero attached hydrogens (tertiary/aromatic N) is 2. The summed E-state index contributed by atoms with van der Waals surface area (Å²) in [6.07, 6.45) is -0.452. The van der Waals surface area contributed by atoms with Gasteiger partial charge >= 0.3 is 6.09 Å². The molecule has 1 aromatic rings. The van der Waals surface area contributed by atoms with Gasteiger partial charge in [-0.2, -0.15) is 0 Å². The number of amides is 1. The van der Waals surface area contributed by atoms with Crippen LogP contribution in [0.25, 0.3) is 0 Å². The molecule has 0 spiro atoms. The third kappa shape index (κ3) is 7.99. The fraction of sp³-hybridized carbons (Fsp3) is 0.643. The number of nitrogens with one attached hydrogen (secondary N) is 2. The Hall–Kier alpha value is -1.60. The fourth-order valence-electron chi connectivity index (χ4n) is 1.48. The van der Waals surface area contributed by atoms with Crippen LogP contribution in [0.1, 0.15) is 33.5 Å². The number of carbonyl (C=O) groups excluding carboxylic acids is 1. The predicted octanol–water partition coefficient (Wildman–Crippen LogP) is 2.60. The zero-order valence-electron chi connectivity index (χ0n) is 13.4. The molecular weight excluding hydrogens is 308 g/mol. The van der Waals surface area contributed by atoms with Gasteiger partial charge in [-0.05, 0) is 27.7 Å². The third-order valence-corrected chi connectivity index (χ3v) is 2.47. The van der Waals surface area contributed by atoms with Crippen LogP contribution in [0.5, 0.6) is 0 Å². The smallest absolute Gasteiger partial charge is 0.407 e. The first kappa shape index (κ1) is 18.4. The Labute approximate surface area is 135 Å². The number of anilines is 1. The minimum absolute atomic E-state index is 0.307. The summed E-state index contributed by atoms with van der Waals surface area (Å²) < 4.78 is 10.4. The number of carbonyl (C=O) groups is 1. The van der Waals surface area contributed by atoms with Crippen molar-refractivity contribution in [3.8, 4) is 0 Å². The van der Waals surface area contributed by atoms with Crippen LogP contribution in [-0.4, -0.2) is 41.4 Å². The van der Waals surface area contributed by atoms with Crippen molar-refractivity contribution in [2.75, 3.05) is 25.0 Å². The highest BCUT2D eigenvalue weighted by Crippen LogP contribution is 2.12. The molecule has 2 N–H and O–H groups in total. The van der Waals surface area contributed by atoms with Crippen molar-refractivity contribution in [1.82, 2.24) is 15.3 Å². The number of rotatable bonds is 7. The molecule has 7 nitrogen and oxygen atoms in total. The molecule has 1 aromatic heterocycles. The van der Waals surface area contributed by atoms with Crippen molar-refractivity contribution in [2.45, 2.75) is 39.9 Å². The summed E-state index contributed by atoms with van der Waals surface area (Å²) in [7, 11) is 0. The van der Waals surface area contributed by atoms with Gasteiger partial charge in [0.1, 0.15) is 23.2 Å². The molecule has 0 atom stereocenters. The van der Waals surface area contributed by atoms with Crippen LogP contribution in [0.3, 0.4) is 0 Å². The molecule has 0 unspecified atom stereocenters. The van der Waals surface area contributed by atoms with Gasteiger partial charge in [-0.15, -0.1) is 0 Å². The van der Waals surface area contributed by atoms with Crippen molar-refractivity contribution in [1.29, 1.82) is 0 Å². The second kappa shape index (κ2) is 8.75. The molecular formula is C14H23ClN4O3. The fourth-order valence-corrected chi connectivity index (χ4v) is 1.68. The topological polar surface area (TPSA) is 85.4 Å². The number of alkyl carbamates (subject to hydrolysis) is 1. The molecule has 0 aliphatic carbocycles. The summed E-state index contributed by atoms with van der Waals surface area (Å²) in [5, 5.41) is 6.05. The van der Waals surface area contributed by atoms with Gasteiger partial charge in [0.05, 0.1) is 0 Å². The average molecular weight is 331 g/mol. The summed E-state index contributed by atoms with van der Waals surface area (Å²) in [4.78, 5) is 19.8. The summed E-state index contributed by atoms with van der Waals surface area (Å²) in [6.45, 7) is 9.11. The van der Waals surface area contributed by atoms with Crippen molar-refractivity contribution in [2.24, 2.45) is 0 Å². The Morgan fingerprint density at radius 1 is 1.32 bits per heavy atom. The molecule has 0 radical (unpaired) electrons. The highest BCUT2D eigenvalue weighted by molar-refractivity contribution is 6.29. The van der Waals surface area contributed by atoms with Crippen molar-refractivity contribution in [3.63, 3.8) is 0 Å². The zero-order valence-corrected chi connectivity index (χ0v) is 14.2. The van der Waals surface area contributed by atoms with Gasteiger partial charge in [-0.1, -0.05) is 11.6 Å². The molecule has 0 fully saturated rings. The van der Waals surface area contributed by atoms with E-state index < -0.39 is 11.7 Å². The van der Waals surface area contributed by atoms with Gasteiger partial charge in [0.15, 0.2) is 5.82 Å². The monoisotopic (exact) mass is 330 g/mol. The summed E-state index contributed by atoms with van der Waals surface area (Å²) >= 11 is 5.93. The Bertz CT molecular complexity index is 491. The molecule has 0 bridgehead atoms. The molecule has 1 rings (SSSR count). The van der Waals surface area contributed by atoms with Crippen LogP contribution in [0, 0.1) is 0 Å². The maximum absolute atomic E-state index is 11.5. The van der Waals surface area contributed by atoms with E-state index in [4.69, 9.17) is 21.1 Å². The molecule has 1 heterocycles. The maximum Gasteiger partial charge on any atom is 0.407 e. The minimum atomic E-state index is -0.508. The zero-order chi connectivity index (χ0) is 16.6. The van der Waals surface area contributed by atoms with E-state index in [9.17, 15) is 4.79 Å². The first-order valence-electron chi connectivity index (χ1n) is 7.12. The van der Waals surface area contributed by atoms with Crippen molar-refractivity contribution < 1.29 is 14.3 Å². The summed E-state index contributed by atoms with van der Waals surface area (Å²) in [6, 6.07) is 1.62. The molecule has 0 aliphatic rings. The van der Waals surface area contributed by atoms with Gasteiger partial charge in [0, 0.05) is 25.8 Å². The number of hydrogen-bond acceptors (Lipinski definition) is 6. The van der Waals surface area contributed by atoms with Gasteiger partial charge in [-0.3, -0.25) is 0 Å². The quantitative estimate of drug-likeness (QED) is 0.590. The van der Waals surface area contributed by atoms with Crippen molar-refractivity contribution in [3.05, 3.63) is 17.0 Å². The molecule has 124 valence electrons. The van der Waals surface area contributed by atoms with E-state index in [2.05, 4.69) is 20.6 Å². The number of halogens is 1.